The van der Waals surface area contributed by atoms with E-state index in [0.29, 0.717) is 19.1 Å². The number of carbonyl (C=O) groups is 1. The van der Waals surface area contributed by atoms with Crippen molar-refractivity contribution in [2.45, 2.75) is 44.4 Å². The van der Waals surface area contributed by atoms with Gasteiger partial charge in [-0.3, -0.25) is 4.79 Å². The Morgan fingerprint density at radius 3 is 2.95 bits per heavy atom. The molecule has 2 atom stereocenters. The summed E-state index contributed by atoms with van der Waals surface area (Å²) in [5.41, 5.74) is 2.10. The summed E-state index contributed by atoms with van der Waals surface area (Å²) in [7, 11) is 0. The maximum atomic E-state index is 11.8. The molecule has 1 saturated heterocycles. The monoisotopic (exact) mass is 274 g/mol. The second kappa shape index (κ2) is 5.57. The SMILES string of the molecule is O=C(O)C1(CC2CCCc3ccccc32)CCCOC1. The van der Waals surface area contributed by atoms with E-state index in [9.17, 15) is 9.90 Å². The van der Waals surface area contributed by atoms with Crippen LogP contribution in [0.2, 0.25) is 0 Å². The highest BCUT2D eigenvalue weighted by Crippen LogP contribution is 2.43. The summed E-state index contributed by atoms with van der Waals surface area (Å²) in [5.74, 6) is -0.307. The van der Waals surface area contributed by atoms with Crippen molar-refractivity contribution in [3.05, 3.63) is 35.4 Å². The molecule has 1 fully saturated rings. The third-order valence-corrected chi connectivity index (χ3v) is 4.91. The molecule has 0 saturated carbocycles. The molecular formula is C17H22O3. The minimum absolute atomic E-state index is 0.373. The molecule has 108 valence electrons. The predicted octanol–water partition coefficient (Wildman–Crippen LogP) is 3.38. The van der Waals surface area contributed by atoms with E-state index in [4.69, 9.17) is 4.74 Å². The zero-order valence-electron chi connectivity index (χ0n) is 11.8. The van der Waals surface area contributed by atoms with Crippen molar-refractivity contribution in [3.8, 4) is 0 Å². The van der Waals surface area contributed by atoms with Gasteiger partial charge in [-0.25, -0.2) is 0 Å². The standard InChI is InChI=1S/C17H22O3/c18-16(19)17(9-4-10-20-12-17)11-14-7-3-6-13-5-1-2-8-15(13)14/h1-2,5,8,14H,3-4,6-7,9-12H2,(H,18,19). The number of rotatable bonds is 3. The number of aryl methyl sites for hydroxylation is 1. The molecule has 0 amide bonds. The molecule has 3 nitrogen and oxygen atoms in total. The fraction of sp³-hybridized carbons (Fsp3) is 0.588. The highest BCUT2D eigenvalue weighted by atomic mass is 16.5. The number of aliphatic carboxylic acids is 1. The van der Waals surface area contributed by atoms with Crippen LogP contribution in [0.15, 0.2) is 24.3 Å². The summed E-state index contributed by atoms with van der Waals surface area (Å²) in [5, 5.41) is 9.69. The van der Waals surface area contributed by atoms with Gasteiger partial charge in [-0.1, -0.05) is 24.3 Å². The van der Waals surface area contributed by atoms with E-state index in [1.807, 2.05) is 0 Å². The number of carboxylic acids is 1. The first-order chi connectivity index (χ1) is 9.71. The average molecular weight is 274 g/mol. The zero-order valence-corrected chi connectivity index (χ0v) is 11.8. The van der Waals surface area contributed by atoms with Gasteiger partial charge in [0, 0.05) is 6.61 Å². The number of hydrogen-bond donors (Lipinski definition) is 1. The van der Waals surface area contributed by atoms with Crippen LogP contribution < -0.4 is 0 Å². The van der Waals surface area contributed by atoms with E-state index >= 15 is 0 Å². The molecule has 0 spiro atoms. The summed E-state index contributed by atoms with van der Waals surface area (Å²) in [4.78, 5) is 11.8. The van der Waals surface area contributed by atoms with Crippen molar-refractivity contribution in [3.63, 3.8) is 0 Å². The van der Waals surface area contributed by atoms with Crippen LogP contribution in [0.1, 0.15) is 49.1 Å². The molecule has 0 radical (unpaired) electrons. The molecule has 20 heavy (non-hydrogen) atoms. The van der Waals surface area contributed by atoms with Crippen LogP contribution in [0.3, 0.4) is 0 Å². The average Bonchev–Trinajstić information content (AvgIpc) is 2.48. The van der Waals surface area contributed by atoms with Crippen LogP contribution in [0, 0.1) is 5.41 Å². The molecular weight excluding hydrogens is 252 g/mol. The second-order valence-electron chi connectivity index (χ2n) is 6.23. The number of carboxylic acid groups (broad SMARTS) is 1. The molecule has 2 aliphatic rings. The van der Waals surface area contributed by atoms with Crippen molar-refractivity contribution in [1.82, 2.24) is 0 Å². The van der Waals surface area contributed by atoms with Crippen LogP contribution >= 0.6 is 0 Å². The summed E-state index contributed by atoms with van der Waals surface area (Å²) >= 11 is 0. The highest BCUT2D eigenvalue weighted by molar-refractivity contribution is 5.75. The summed E-state index contributed by atoms with van der Waals surface area (Å²) in [6, 6.07) is 8.52. The maximum absolute atomic E-state index is 11.8. The van der Waals surface area contributed by atoms with Gasteiger partial charge in [0.25, 0.3) is 0 Å². The first-order valence-corrected chi connectivity index (χ1v) is 7.60. The van der Waals surface area contributed by atoms with Gasteiger partial charge < -0.3 is 9.84 Å². The molecule has 1 N–H and O–H groups in total. The minimum Gasteiger partial charge on any atom is -0.481 e. The number of hydrogen-bond acceptors (Lipinski definition) is 2. The Balaban J connectivity index is 1.85. The molecule has 1 aliphatic heterocycles. The van der Waals surface area contributed by atoms with Crippen molar-refractivity contribution >= 4 is 5.97 Å². The number of benzene rings is 1. The molecule has 0 aromatic heterocycles. The van der Waals surface area contributed by atoms with E-state index < -0.39 is 11.4 Å². The Morgan fingerprint density at radius 1 is 1.35 bits per heavy atom. The second-order valence-corrected chi connectivity index (χ2v) is 6.23. The third kappa shape index (κ3) is 2.47. The fourth-order valence-electron chi connectivity index (χ4n) is 3.81. The van der Waals surface area contributed by atoms with E-state index in [1.54, 1.807) is 0 Å². The minimum atomic E-state index is -0.680. The molecule has 1 aromatic carbocycles. The quantitative estimate of drug-likeness (QED) is 0.919. The Bertz CT molecular complexity index is 489. The van der Waals surface area contributed by atoms with Gasteiger partial charge in [-0.05, 0) is 55.6 Å². The first kappa shape index (κ1) is 13.6. The van der Waals surface area contributed by atoms with Crippen LogP contribution in [-0.4, -0.2) is 24.3 Å². The van der Waals surface area contributed by atoms with Gasteiger partial charge in [0.05, 0.1) is 12.0 Å². The lowest BCUT2D eigenvalue weighted by molar-refractivity contribution is -0.158. The van der Waals surface area contributed by atoms with Crippen molar-refractivity contribution in [2.24, 2.45) is 5.41 Å². The first-order valence-electron chi connectivity index (χ1n) is 7.60. The molecule has 1 heterocycles. The van der Waals surface area contributed by atoms with Gasteiger partial charge in [-0.15, -0.1) is 0 Å². The van der Waals surface area contributed by atoms with Crippen LogP contribution in [0.25, 0.3) is 0 Å². The maximum Gasteiger partial charge on any atom is 0.312 e. The largest absolute Gasteiger partial charge is 0.481 e. The topological polar surface area (TPSA) is 46.5 Å². The van der Waals surface area contributed by atoms with E-state index in [0.717, 1.165) is 38.5 Å². The van der Waals surface area contributed by atoms with Crippen molar-refractivity contribution in [1.29, 1.82) is 0 Å². The van der Waals surface area contributed by atoms with Crippen LogP contribution in [0.4, 0.5) is 0 Å². The Kier molecular flexibility index (Phi) is 3.79. The van der Waals surface area contributed by atoms with Crippen LogP contribution in [0.5, 0.6) is 0 Å². The third-order valence-electron chi connectivity index (χ3n) is 4.91. The summed E-state index contributed by atoms with van der Waals surface area (Å²) in [6.07, 6.45) is 5.73. The normalized spacial score (nSPS) is 29.7. The predicted molar refractivity (Wildman–Crippen MR) is 76.9 cm³/mol. The van der Waals surface area contributed by atoms with Gasteiger partial charge in [0.1, 0.15) is 0 Å². The Labute approximate surface area is 120 Å². The van der Waals surface area contributed by atoms with Gasteiger partial charge >= 0.3 is 5.97 Å². The number of fused-ring (bicyclic) bond motifs is 1. The van der Waals surface area contributed by atoms with Crippen molar-refractivity contribution in [2.75, 3.05) is 13.2 Å². The van der Waals surface area contributed by atoms with Gasteiger partial charge in [0.2, 0.25) is 0 Å². The molecule has 1 aliphatic carbocycles. The van der Waals surface area contributed by atoms with Crippen LogP contribution in [-0.2, 0) is 16.0 Å². The lowest BCUT2D eigenvalue weighted by Gasteiger charge is -2.37. The molecule has 2 unspecified atom stereocenters. The van der Waals surface area contributed by atoms with Gasteiger partial charge in [0.15, 0.2) is 0 Å². The molecule has 1 aromatic rings. The zero-order chi connectivity index (χ0) is 14.0. The summed E-state index contributed by atoms with van der Waals surface area (Å²) in [6.45, 7) is 1.08. The Hall–Kier alpha value is -1.35. The lowest BCUT2D eigenvalue weighted by Crippen LogP contribution is -2.41. The van der Waals surface area contributed by atoms with E-state index in [-0.39, 0.29) is 0 Å². The highest BCUT2D eigenvalue weighted by Gasteiger charge is 2.43. The lowest BCUT2D eigenvalue weighted by atomic mass is 9.70. The smallest absolute Gasteiger partial charge is 0.312 e. The molecule has 3 heteroatoms. The molecule has 0 bridgehead atoms. The van der Waals surface area contributed by atoms with Gasteiger partial charge in [-0.2, -0.15) is 0 Å². The molecule has 3 rings (SSSR count). The van der Waals surface area contributed by atoms with Crippen molar-refractivity contribution < 1.29 is 14.6 Å². The Morgan fingerprint density at radius 2 is 2.20 bits per heavy atom. The fourth-order valence-corrected chi connectivity index (χ4v) is 3.81. The van der Waals surface area contributed by atoms with E-state index in [2.05, 4.69) is 24.3 Å². The van der Waals surface area contributed by atoms with E-state index in [1.165, 1.54) is 11.1 Å². The summed E-state index contributed by atoms with van der Waals surface area (Å²) < 4.78 is 5.50. The number of ether oxygens (including phenoxy) is 1.